The molecule has 2 unspecified atom stereocenters. The van der Waals surface area contributed by atoms with Crippen LogP contribution in [0.15, 0.2) is 54.6 Å². The number of Topliss-reactive ketones (excluding diaryl/α,β-unsaturated/α-hetero) is 1. The summed E-state index contributed by atoms with van der Waals surface area (Å²) in [6.07, 6.45) is -3.39. The molecule has 0 bridgehead atoms. The summed E-state index contributed by atoms with van der Waals surface area (Å²) in [6.45, 7) is 1.89. The van der Waals surface area contributed by atoms with Crippen LogP contribution in [0.2, 0.25) is 0 Å². The second-order valence-electron chi connectivity index (χ2n) is 4.49. The summed E-state index contributed by atoms with van der Waals surface area (Å²) >= 11 is 0. The van der Waals surface area contributed by atoms with Gasteiger partial charge in [0.1, 0.15) is 6.10 Å². The summed E-state index contributed by atoms with van der Waals surface area (Å²) in [5.41, 5.74) is 1.67. The summed E-state index contributed by atoms with van der Waals surface area (Å²) in [6, 6.07) is 15.0. The first-order valence-electron chi connectivity index (χ1n) is 6.07. The van der Waals surface area contributed by atoms with Crippen molar-refractivity contribution in [2.75, 3.05) is 0 Å². The Bertz CT molecular complexity index is 549. The predicted molar refractivity (Wildman–Crippen MR) is 71.8 cm³/mol. The number of benzene rings is 2. The van der Waals surface area contributed by atoms with Gasteiger partial charge in [0.2, 0.25) is 0 Å². The molecular weight excluding hydrogens is 243 g/mol. The van der Waals surface area contributed by atoms with Crippen LogP contribution in [0.1, 0.15) is 27.6 Å². The number of carbonyl (C=O) groups excluding carboxylic acids is 1. The molecule has 0 heterocycles. The molecule has 0 aromatic heterocycles. The van der Waals surface area contributed by atoms with Crippen LogP contribution in [0.3, 0.4) is 0 Å². The Balaban J connectivity index is 2.17. The number of halogens is 1. The largest absolute Gasteiger partial charge is 0.385 e. The van der Waals surface area contributed by atoms with Crippen LogP contribution in [0.25, 0.3) is 0 Å². The number of aryl methyl sites for hydroxylation is 1. The van der Waals surface area contributed by atoms with Gasteiger partial charge in [-0.2, -0.15) is 0 Å². The second-order valence-corrected chi connectivity index (χ2v) is 4.49. The Morgan fingerprint density at radius 2 is 1.63 bits per heavy atom. The monoisotopic (exact) mass is 258 g/mol. The van der Waals surface area contributed by atoms with E-state index in [1.807, 2.05) is 6.92 Å². The maximum Gasteiger partial charge on any atom is 0.199 e. The third-order valence-electron chi connectivity index (χ3n) is 3.00. The molecular formula is C16H15FO2. The average molecular weight is 258 g/mol. The molecule has 0 aliphatic carbocycles. The van der Waals surface area contributed by atoms with Crippen molar-refractivity contribution in [3.8, 4) is 0 Å². The van der Waals surface area contributed by atoms with Gasteiger partial charge >= 0.3 is 0 Å². The Morgan fingerprint density at radius 3 is 2.21 bits per heavy atom. The zero-order valence-electron chi connectivity index (χ0n) is 10.6. The SMILES string of the molecule is Cc1ccc(C(=O)C(F)C(O)c2ccccc2)cc1. The normalized spacial score (nSPS) is 13.8. The van der Waals surface area contributed by atoms with E-state index in [2.05, 4.69) is 0 Å². The fourth-order valence-corrected chi connectivity index (χ4v) is 1.84. The Labute approximate surface area is 111 Å². The molecule has 0 saturated heterocycles. The second kappa shape index (κ2) is 5.76. The lowest BCUT2D eigenvalue weighted by atomic mass is 9.98. The van der Waals surface area contributed by atoms with Gasteiger partial charge in [-0.05, 0) is 12.5 Å². The fourth-order valence-electron chi connectivity index (χ4n) is 1.84. The van der Waals surface area contributed by atoms with Gasteiger partial charge in [-0.25, -0.2) is 4.39 Å². The van der Waals surface area contributed by atoms with E-state index in [0.717, 1.165) is 5.56 Å². The van der Waals surface area contributed by atoms with E-state index in [1.54, 1.807) is 54.6 Å². The number of rotatable bonds is 4. The maximum absolute atomic E-state index is 14.1. The molecule has 2 nitrogen and oxygen atoms in total. The zero-order chi connectivity index (χ0) is 13.8. The van der Waals surface area contributed by atoms with E-state index in [-0.39, 0.29) is 5.56 Å². The highest BCUT2D eigenvalue weighted by Crippen LogP contribution is 2.22. The van der Waals surface area contributed by atoms with E-state index in [1.165, 1.54) is 0 Å². The minimum absolute atomic E-state index is 0.271. The van der Waals surface area contributed by atoms with Crippen molar-refractivity contribution >= 4 is 5.78 Å². The van der Waals surface area contributed by atoms with Gasteiger partial charge in [0.05, 0.1) is 0 Å². The Morgan fingerprint density at radius 1 is 1.05 bits per heavy atom. The first kappa shape index (κ1) is 13.4. The van der Waals surface area contributed by atoms with E-state index >= 15 is 0 Å². The quantitative estimate of drug-likeness (QED) is 0.855. The molecule has 0 radical (unpaired) electrons. The van der Waals surface area contributed by atoms with Crippen molar-refractivity contribution < 1.29 is 14.3 Å². The van der Waals surface area contributed by atoms with Crippen LogP contribution in [-0.2, 0) is 0 Å². The van der Waals surface area contributed by atoms with Gasteiger partial charge in [0.25, 0.3) is 0 Å². The van der Waals surface area contributed by atoms with Crippen molar-refractivity contribution in [3.63, 3.8) is 0 Å². The highest BCUT2D eigenvalue weighted by molar-refractivity contribution is 5.99. The van der Waals surface area contributed by atoms with E-state index in [0.29, 0.717) is 5.56 Å². The van der Waals surface area contributed by atoms with Crippen molar-refractivity contribution in [1.82, 2.24) is 0 Å². The van der Waals surface area contributed by atoms with Crippen molar-refractivity contribution in [1.29, 1.82) is 0 Å². The van der Waals surface area contributed by atoms with Crippen LogP contribution >= 0.6 is 0 Å². The van der Waals surface area contributed by atoms with Gasteiger partial charge < -0.3 is 5.11 Å². The molecule has 0 saturated carbocycles. The maximum atomic E-state index is 14.1. The predicted octanol–water partition coefficient (Wildman–Crippen LogP) is 3.25. The van der Waals surface area contributed by atoms with E-state index in [9.17, 15) is 14.3 Å². The zero-order valence-corrected chi connectivity index (χ0v) is 10.6. The first-order chi connectivity index (χ1) is 9.09. The van der Waals surface area contributed by atoms with E-state index < -0.39 is 18.1 Å². The molecule has 2 rings (SSSR count). The molecule has 19 heavy (non-hydrogen) atoms. The van der Waals surface area contributed by atoms with Gasteiger partial charge in [0.15, 0.2) is 12.0 Å². The van der Waals surface area contributed by atoms with Crippen LogP contribution in [0.5, 0.6) is 0 Å². The molecule has 2 aromatic rings. The highest BCUT2D eigenvalue weighted by atomic mass is 19.1. The molecule has 98 valence electrons. The van der Waals surface area contributed by atoms with Crippen LogP contribution in [0.4, 0.5) is 4.39 Å². The number of alkyl halides is 1. The molecule has 2 aromatic carbocycles. The van der Waals surface area contributed by atoms with E-state index in [4.69, 9.17) is 0 Å². The molecule has 0 aliphatic rings. The summed E-state index contributed by atoms with van der Waals surface area (Å²) < 4.78 is 14.1. The molecule has 3 heteroatoms. The molecule has 1 N–H and O–H groups in total. The third kappa shape index (κ3) is 3.06. The number of hydrogen-bond donors (Lipinski definition) is 1. The van der Waals surface area contributed by atoms with Gasteiger partial charge in [-0.15, -0.1) is 0 Å². The van der Waals surface area contributed by atoms with Gasteiger partial charge in [-0.3, -0.25) is 4.79 Å². The van der Waals surface area contributed by atoms with Crippen LogP contribution < -0.4 is 0 Å². The lowest BCUT2D eigenvalue weighted by molar-refractivity contribution is 0.0549. The minimum atomic E-state index is -1.95. The Kier molecular flexibility index (Phi) is 4.07. The lowest BCUT2D eigenvalue weighted by Gasteiger charge is -2.15. The topological polar surface area (TPSA) is 37.3 Å². The van der Waals surface area contributed by atoms with Gasteiger partial charge in [-0.1, -0.05) is 60.2 Å². The van der Waals surface area contributed by atoms with Crippen molar-refractivity contribution in [2.45, 2.75) is 19.2 Å². The number of aliphatic hydroxyl groups excluding tert-OH is 1. The fraction of sp³-hybridized carbons (Fsp3) is 0.188. The molecule has 0 aliphatic heterocycles. The average Bonchev–Trinajstić information content (AvgIpc) is 2.46. The summed E-state index contributed by atoms with van der Waals surface area (Å²) in [5.74, 6) is -0.698. The molecule has 0 amide bonds. The third-order valence-corrected chi connectivity index (χ3v) is 3.00. The number of carbonyl (C=O) groups is 1. The number of aliphatic hydroxyl groups is 1. The number of hydrogen-bond acceptors (Lipinski definition) is 2. The highest BCUT2D eigenvalue weighted by Gasteiger charge is 2.28. The molecule has 0 fully saturated rings. The number of ketones is 1. The van der Waals surface area contributed by atoms with Crippen LogP contribution in [0, 0.1) is 6.92 Å². The Hall–Kier alpha value is -2.00. The minimum Gasteiger partial charge on any atom is -0.385 e. The summed E-state index contributed by atoms with van der Waals surface area (Å²) in [7, 11) is 0. The molecule has 0 spiro atoms. The standard InChI is InChI=1S/C16H15FO2/c1-11-7-9-13(10-8-11)16(19)14(17)15(18)12-5-3-2-4-6-12/h2-10,14-15,18H,1H3. The smallest absolute Gasteiger partial charge is 0.199 e. The van der Waals surface area contributed by atoms with Gasteiger partial charge in [0, 0.05) is 5.56 Å². The summed E-state index contributed by atoms with van der Waals surface area (Å²) in [4.78, 5) is 11.9. The van der Waals surface area contributed by atoms with Crippen molar-refractivity contribution in [2.24, 2.45) is 0 Å². The van der Waals surface area contributed by atoms with Crippen LogP contribution in [-0.4, -0.2) is 17.1 Å². The summed E-state index contributed by atoms with van der Waals surface area (Å²) in [5, 5.41) is 9.88. The first-order valence-corrected chi connectivity index (χ1v) is 6.07. The molecule has 2 atom stereocenters. The lowest BCUT2D eigenvalue weighted by Crippen LogP contribution is -2.24. The van der Waals surface area contributed by atoms with Crippen molar-refractivity contribution in [3.05, 3.63) is 71.3 Å².